The van der Waals surface area contributed by atoms with Crippen molar-refractivity contribution in [1.29, 1.82) is 5.26 Å². The highest BCUT2D eigenvalue weighted by Crippen LogP contribution is 2.55. The summed E-state index contributed by atoms with van der Waals surface area (Å²) < 4.78 is 6.29. The van der Waals surface area contributed by atoms with Gasteiger partial charge in [-0.25, -0.2) is 0 Å². The van der Waals surface area contributed by atoms with Gasteiger partial charge < -0.3 is 20.1 Å². The number of benzene rings is 2. The van der Waals surface area contributed by atoms with E-state index in [2.05, 4.69) is 44.0 Å². The summed E-state index contributed by atoms with van der Waals surface area (Å²) in [5.41, 5.74) is 1.48. The molecule has 0 radical (unpaired) electrons. The van der Waals surface area contributed by atoms with E-state index in [-0.39, 0.29) is 35.5 Å². The lowest BCUT2D eigenvalue weighted by Gasteiger charge is -2.63. The Morgan fingerprint density at radius 2 is 1.82 bits per heavy atom. The molecule has 2 N–H and O–H groups in total. The summed E-state index contributed by atoms with van der Waals surface area (Å²) in [6, 6.07) is 14.7. The fourth-order valence-corrected chi connectivity index (χ4v) is 5.74. The van der Waals surface area contributed by atoms with Gasteiger partial charge in [-0.05, 0) is 36.4 Å². The summed E-state index contributed by atoms with van der Waals surface area (Å²) in [5.74, 6) is 0.843. The summed E-state index contributed by atoms with van der Waals surface area (Å²) in [6.45, 7) is 10.3. The number of carbonyl (C=O) groups is 1. The highest BCUT2D eigenvalue weighted by Gasteiger charge is 2.64. The van der Waals surface area contributed by atoms with Gasteiger partial charge in [0, 0.05) is 59.8 Å². The monoisotopic (exact) mass is 467 g/mol. The van der Waals surface area contributed by atoms with Crippen molar-refractivity contribution >= 4 is 23.2 Å². The summed E-state index contributed by atoms with van der Waals surface area (Å²) in [7, 11) is 0. The van der Waals surface area contributed by atoms with Gasteiger partial charge in [0.05, 0.1) is 10.6 Å². The fourth-order valence-electron chi connectivity index (χ4n) is 5.53. The molecule has 6 nitrogen and oxygen atoms in total. The molecule has 2 aliphatic rings. The minimum Gasteiger partial charge on any atom is -0.489 e. The lowest BCUT2D eigenvalue weighted by atomic mass is 9.49. The smallest absolute Gasteiger partial charge is 0.251 e. The molecular formula is C26H30ClN3O3. The van der Waals surface area contributed by atoms with Crippen LogP contribution in [0.2, 0.25) is 5.02 Å². The molecule has 7 heteroatoms. The van der Waals surface area contributed by atoms with Crippen LogP contribution in [0.4, 0.5) is 5.69 Å². The number of halogens is 1. The Morgan fingerprint density at radius 1 is 1.18 bits per heavy atom. The second-order valence-electron chi connectivity index (χ2n) is 10.3. The van der Waals surface area contributed by atoms with Crippen molar-refractivity contribution in [2.45, 2.75) is 39.8 Å². The van der Waals surface area contributed by atoms with Crippen molar-refractivity contribution in [3.05, 3.63) is 58.6 Å². The van der Waals surface area contributed by atoms with Gasteiger partial charge in [0.15, 0.2) is 0 Å². The number of hydrogen-bond donors (Lipinski definition) is 2. The third-order valence-corrected chi connectivity index (χ3v) is 7.45. The van der Waals surface area contributed by atoms with Crippen LogP contribution in [0.15, 0.2) is 42.5 Å². The van der Waals surface area contributed by atoms with Gasteiger partial charge in [-0.1, -0.05) is 39.3 Å². The molecule has 1 saturated carbocycles. The Balaban J connectivity index is 1.42. The van der Waals surface area contributed by atoms with E-state index in [0.717, 1.165) is 18.8 Å². The summed E-state index contributed by atoms with van der Waals surface area (Å²) >= 11 is 6.17. The average Bonchev–Trinajstić information content (AvgIpc) is 2.75. The minimum atomic E-state index is -0.309. The van der Waals surface area contributed by atoms with Crippen molar-refractivity contribution < 1.29 is 14.6 Å². The Hall–Kier alpha value is -2.75. The van der Waals surface area contributed by atoms with Crippen molar-refractivity contribution in [2.24, 2.45) is 16.7 Å². The Kier molecular flexibility index (Phi) is 6.07. The predicted molar refractivity (Wildman–Crippen MR) is 129 cm³/mol. The van der Waals surface area contributed by atoms with Gasteiger partial charge in [-0.15, -0.1) is 0 Å². The van der Waals surface area contributed by atoms with Gasteiger partial charge in [0.25, 0.3) is 5.91 Å². The molecule has 2 aromatic carbocycles. The van der Waals surface area contributed by atoms with E-state index in [1.54, 1.807) is 18.2 Å². The number of aliphatic hydroxyl groups is 1. The third-order valence-electron chi connectivity index (χ3n) is 7.14. The average molecular weight is 468 g/mol. The molecular weight excluding hydrogens is 438 g/mol. The number of anilines is 1. The lowest BCUT2D eigenvalue weighted by molar-refractivity contribution is -0.164. The van der Waals surface area contributed by atoms with Crippen molar-refractivity contribution in [2.75, 3.05) is 24.6 Å². The van der Waals surface area contributed by atoms with Crippen LogP contribution in [-0.2, 0) is 0 Å². The molecule has 0 atom stereocenters. The largest absolute Gasteiger partial charge is 0.489 e. The molecule has 2 aromatic rings. The molecule has 2 fully saturated rings. The van der Waals surface area contributed by atoms with Crippen LogP contribution in [0.25, 0.3) is 0 Å². The topological polar surface area (TPSA) is 85.6 Å². The molecule has 0 unspecified atom stereocenters. The number of carbonyl (C=O) groups excluding carboxylic acids is 1. The maximum atomic E-state index is 13.0. The van der Waals surface area contributed by atoms with E-state index in [0.29, 0.717) is 27.8 Å². The standard InChI is InChI=1S/C26H30ClN3O3/c1-25(2)23(26(3,4)24(25)33-20-10-7-18(12-28)21(27)11-20)29-22(32)17-5-8-19(9-6-17)30-13-16(14-30)15-31/h5-11,16,23-24,31H,13-15H2,1-4H3,(H,29,32)/t23-,24-. The van der Waals surface area contributed by atoms with Gasteiger partial charge in [-0.2, -0.15) is 5.26 Å². The van der Waals surface area contributed by atoms with Crippen molar-refractivity contribution in [1.82, 2.24) is 5.32 Å². The van der Waals surface area contributed by atoms with E-state index >= 15 is 0 Å². The Labute approximate surface area is 200 Å². The van der Waals surface area contributed by atoms with Crippen molar-refractivity contribution in [3.63, 3.8) is 0 Å². The SMILES string of the molecule is CC1(C)[C@H](NC(=O)c2ccc(N3CC(CO)C3)cc2)C(C)(C)[C@H]1Oc1ccc(C#N)c(Cl)c1. The Morgan fingerprint density at radius 3 is 2.36 bits per heavy atom. The number of amides is 1. The van der Waals surface area contributed by atoms with Gasteiger partial charge in [0.1, 0.15) is 17.9 Å². The number of nitrogens with one attached hydrogen (secondary N) is 1. The molecule has 0 aromatic heterocycles. The lowest BCUT2D eigenvalue weighted by Crippen LogP contribution is -2.74. The van der Waals surface area contributed by atoms with Crippen LogP contribution in [-0.4, -0.2) is 42.9 Å². The summed E-state index contributed by atoms with van der Waals surface area (Å²) in [5, 5.41) is 21.9. The second-order valence-corrected chi connectivity index (χ2v) is 10.7. The molecule has 0 spiro atoms. The molecule has 1 saturated heterocycles. The normalized spacial score (nSPS) is 23.1. The van der Waals surface area contributed by atoms with Gasteiger partial charge in [0.2, 0.25) is 0 Å². The van der Waals surface area contributed by atoms with E-state index in [4.69, 9.17) is 21.6 Å². The molecule has 174 valence electrons. The molecule has 1 heterocycles. The van der Waals surface area contributed by atoms with Crippen LogP contribution in [0.1, 0.15) is 43.6 Å². The minimum absolute atomic E-state index is 0.0864. The van der Waals surface area contributed by atoms with Gasteiger partial charge >= 0.3 is 0 Å². The number of aliphatic hydroxyl groups excluding tert-OH is 1. The zero-order valence-electron chi connectivity index (χ0n) is 19.4. The molecule has 4 rings (SSSR count). The summed E-state index contributed by atoms with van der Waals surface area (Å²) in [6.07, 6.45) is -0.146. The maximum Gasteiger partial charge on any atom is 0.251 e. The first-order valence-corrected chi connectivity index (χ1v) is 11.6. The van der Waals surface area contributed by atoms with Crippen LogP contribution in [0.3, 0.4) is 0 Å². The van der Waals surface area contributed by atoms with Crippen LogP contribution in [0.5, 0.6) is 5.75 Å². The quantitative estimate of drug-likeness (QED) is 0.663. The number of nitrogens with zero attached hydrogens (tertiary/aromatic N) is 2. The summed E-state index contributed by atoms with van der Waals surface area (Å²) in [4.78, 5) is 15.2. The van der Waals surface area contributed by atoms with E-state index in [9.17, 15) is 9.90 Å². The first-order valence-electron chi connectivity index (χ1n) is 11.2. The van der Waals surface area contributed by atoms with Gasteiger partial charge in [-0.3, -0.25) is 4.79 Å². The predicted octanol–water partition coefficient (Wildman–Crippen LogP) is 4.25. The van der Waals surface area contributed by atoms with Crippen LogP contribution in [0, 0.1) is 28.1 Å². The molecule has 1 aliphatic heterocycles. The zero-order chi connectivity index (χ0) is 24.0. The third kappa shape index (κ3) is 4.16. The van der Waals surface area contributed by atoms with Crippen LogP contribution >= 0.6 is 11.6 Å². The molecule has 1 aliphatic carbocycles. The highest BCUT2D eigenvalue weighted by molar-refractivity contribution is 6.31. The molecule has 0 bridgehead atoms. The number of ether oxygens (including phenoxy) is 1. The van der Waals surface area contributed by atoms with Crippen LogP contribution < -0.4 is 15.0 Å². The molecule has 33 heavy (non-hydrogen) atoms. The first kappa shape index (κ1) is 23.4. The van der Waals surface area contributed by atoms with E-state index in [1.165, 1.54) is 0 Å². The van der Waals surface area contributed by atoms with Crippen molar-refractivity contribution in [3.8, 4) is 11.8 Å². The number of nitriles is 1. The Bertz CT molecular complexity index is 1070. The van der Waals surface area contributed by atoms with E-state index in [1.807, 2.05) is 24.3 Å². The first-order chi connectivity index (χ1) is 15.6. The zero-order valence-corrected chi connectivity index (χ0v) is 20.2. The molecule has 1 amide bonds. The second kappa shape index (κ2) is 8.55. The fraction of sp³-hybridized carbons (Fsp3) is 0.462. The highest BCUT2D eigenvalue weighted by atomic mass is 35.5. The number of rotatable bonds is 6. The van der Waals surface area contributed by atoms with E-state index < -0.39 is 0 Å². The number of hydrogen-bond acceptors (Lipinski definition) is 5. The maximum absolute atomic E-state index is 13.0.